The summed E-state index contributed by atoms with van der Waals surface area (Å²) < 4.78 is 0.0135. The van der Waals surface area contributed by atoms with Gasteiger partial charge < -0.3 is 16.2 Å². The van der Waals surface area contributed by atoms with Crippen molar-refractivity contribution in [1.29, 1.82) is 0 Å². The molecule has 0 fully saturated rings. The van der Waals surface area contributed by atoms with Crippen LogP contribution in [-0.4, -0.2) is 40.1 Å². The predicted octanol–water partition coefficient (Wildman–Crippen LogP) is -0.519. The average molecular weight is 234 g/mol. The predicted molar refractivity (Wildman–Crippen MR) is 60.4 cm³/mol. The lowest BCUT2D eigenvalue weighted by Crippen LogP contribution is -2.40. The zero-order chi connectivity index (χ0) is 12.1. The van der Waals surface area contributed by atoms with Gasteiger partial charge in [-0.05, 0) is 0 Å². The van der Waals surface area contributed by atoms with Crippen LogP contribution in [0.1, 0.15) is 20.8 Å². The highest BCUT2D eigenvalue weighted by Crippen LogP contribution is 2.22. The molecule has 0 aliphatic heterocycles. The van der Waals surface area contributed by atoms with Crippen LogP contribution in [0.4, 0.5) is 0 Å². The summed E-state index contributed by atoms with van der Waals surface area (Å²) in [4.78, 5) is 21.7. The van der Waals surface area contributed by atoms with Crippen molar-refractivity contribution < 1.29 is 14.7 Å². The lowest BCUT2D eigenvalue weighted by molar-refractivity contribution is -0.126. The number of primary amides is 1. The maximum absolute atomic E-state index is 11.2. The van der Waals surface area contributed by atoms with E-state index in [9.17, 15) is 9.59 Å². The summed E-state index contributed by atoms with van der Waals surface area (Å²) in [6, 6.07) is 0. The number of aliphatic hydroxyl groups excluding tert-OH is 1. The first-order chi connectivity index (χ1) is 6.72. The number of thioether (sulfide) groups is 1. The van der Waals surface area contributed by atoms with Crippen LogP contribution in [0.15, 0.2) is 0 Å². The molecule has 6 heteroatoms. The van der Waals surface area contributed by atoms with E-state index in [1.54, 1.807) is 0 Å². The second kappa shape index (κ2) is 5.97. The quantitative estimate of drug-likeness (QED) is 0.597. The van der Waals surface area contributed by atoms with Crippen LogP contribution in [0.25, 0.3) is 0 Å². The first-order valence-corrected chi connectivity index (χ1v) is 5.59. The zero-order valence-corrected chi connectivity index (χ0v) is 10.1. The molecule has 0 heterocycles. The maximum Gasteiger partial charge on any atom is 0.248 e. The lowest BCUT2D eigenvalue weighted by Gasteiger charge is -2.17. The van der Waals surface area contributed by atoms with Crippen LogP contribution in [-0.2, 0) is 9.59 Å². The van der Waals surface area contributed by atoms with Gasteiger partial charge in [0.25, 0.3) is 0 Å². The van der Waals surface area contributed by atoms with Gasteiger partial charge in [-0.3, -0.25) is 9.59 Å². The van der Waals surface area contributed by atoms with E-state index in [1.165, 1.54) is 11.8 Å². The summed E-state index contributed by atoms with van der Waals surface area (Å²) in [6.07, 6.45) is -1.31. The number of hydrogen-bond acceptors (Lipinski definition) is 4. The number of hydrogen-bond donors (Lipinski definition) is 3. The zero-order valence-electron chi connectivity index (χ0n) is 9.24. The standard InChI is InChI=1S/C9H18N2O3S/c1-9(2,3)15-5-7(13)11-4-6(12)8(10)14/h6,12H,4-5H2,1-3H3,(H2,10,14)(H,11,13). The van der Waals surface area contributed by atoms with E-state index in [1.807, 2.05) is 20.8 Å². The number of carbonyl (C=O) groups is 2. The molecule has 2 amide bonds. The summed E-state index contributed by atoms with van der Waals surface area (Å²) in [5.41, 5.74) is 4.82. The molecular weight excluding hydrogens is 216 g/mol. The van der Waals surface area contributed by atoms with E-state index in [4.69, 9.17) is 10.8 Å². The van der Waals surface area contributed by atoms with Crippen molar-refractivity contribution in [2.45, 2.75) is 31.6 Å². The van der Waals surface area contributed by atoms with Gasteiger partial charge in [-0.1, -0.05) is 20.8 Å². The van der Waals surface area contributed by atoms with Crippen molar-refractivity contribution in [2.75, 3.05) is 12.3 Å². The van der Waals surface area contributed by atoms with E-state index in [-0.39, 0.29) is 17.2 Å². The Morgan fingerprint density at radius 2 is 2.00 bits per heavy atom. The number of aliphatic hydroxyl groups is 1. The van der Waals surface area contributed by atoms with Gasteiger partial charge in [-0.15, -0.1) is 11.8 Å². The minimum atomic E-state index is -1.31. The topological polar surface area (TPSA) is 92.4 Å². The van der Waals surface area contributed by atoms with Gasteiger partial charge in [0.1, 0.15) is 6.10 Å². The molecule has 1 unspecified atom stereocenters. The Morgan fingerprint density at radius 1 is 1.47 bits per heavy atom. The summed E-state index contributed by atoms with van der Waals surface area (Å²) in [5.74, 6) is -0.747. The molecule has 1 atom stereocenters. The summed E-state index contributed by atoms with van der Waals surface area (Å²) >= 11 is 1.49. The molecule has 0 bridgehead atoms. The van der Waals surface area contributed by atoms with E-state index in [0.29, 0.717) is 5.75 Å². The highest BCUT2D eigenvalue weighted by atomic mass is 32.2. The molecule has 0 saturated heterocycles. The molecule has 0 aromatic heterocycles. The Bertz CT molecular complexity index is 238. The molecule has 0 aliphatic carbocycles. The number of carbonyl (C=O) groups excluding carboxylic acids is 2. The Kier molecular flexibility index (Phi) is 5.67. The molecule has 5 nitrogen and oxygen atoms in total. The molecule has 88 valence electrons. The fourth-order valence-electron chi connectivity index (χ4n) is 0.644. The molecule has 0 aromatic carbocycles. The summed E-state index contributed by atoms with van der Waals surface area (Å²) in [5, 5.41) is 11.4. The molecule has 0 rings (SSSR count). The molecule has 0 aromatic rings. The van der Waals surface area contributed by atoms with Gasteiger partial charge in [0.05, 0.1) is 12.3 Å². The van der Waals surface area contributed by atoms with Crippen molar-refractivity contribution in [3.8, 4) is 0 Å². The van der Waals surface area contributed by atoms with Crippen molar-refractivity contribution in [3.05, 3.63) is 0 Å². The lowest BCUT2D eigenvalue weighted by atomic mass is 10.3. The van der Waals surface area contributed by atoms with Crippen molar-refractivity contribution in [3.63, 3.8) is 0 Å². The molecule has 0 radical (unpaired) electrons. The maximum atomic E-state index is 11.2. The van der Waals surface area contributed by atoms with Crippen LogP contribution in [0.5, 0.6) is 0 Å². The fourth-order valence-corrected chi connectivity index (χ4v) is 1.31. The Hall–Kier alpha value is -0.750. The normalized spacial score (nSPS) is 13.3. The highest BCUT2D eigenvalue weighted by molar-refractivity contribution is 8.01. The van der Waals surface area contributed by atoms with Crippen LogP contribution in [0.2, 0.25) is 0 Å². The summed E-state index contributed by atoms with van der Waals surface area (Å²) in [7, 11) is 0. The summed E-state index contributed by atoms with van der Waals surface area (Å²) in [6.45, 7) is 5.88. The third kappa shape index (κ3) is 8.26. The van der Waals surface area contributed by atoms with Crippen molar-refractivity contribution in [1.82, 2.24) is 5.32 Å². The first-order valence-electron chi connectivity index (χ1n) is 4.60. The van der Waals surface area contributed by atoms with E-state index >= 15 is 0 Å². The Labute approximate surface area is 93.8 Å². The molecular formula is C9H18N2O3S. The van der Waals surface area contributed by atoms with E-state index in [2.05, 4.69) is 5.32 Å². The smallest absolute Gasteiger partial charge is 0.248 e. The largest absolute Gasteiger partial charge is 0.381 e. The van der Waals surface area contributed by atoms with Gasteiger partial charge in [0.15, 0.2) is 0 Å². The molecule has 0 saturated carbocycles. The van der Waals surface area contributed by atoms with Crippen LogP contribution < -0.4 is 11.1 Å². The monoisotopic (exact) mass is 234 g/mol. The van der Waals surface area contributed by atoms with Gasteiger partial charge in [0, 0.05) is 4.75 Å². The van der Waals surface area contributed by atoms with Crippen LogP contribution in [0, 0.1) is 0 Å². The van der Waals surface area contributed by atoms with Gasteiger partial charge in [-0.2, -0.15) is 0 Å². The molecule has 4 N–H and O–H groups in total. The second-order valence-electron chi connectivity index (χ2n) is 4.12. The number of nitrogens with one attached hydrogen (secondary N) is 1. The molecule has 0 spiro atoms. The average Bonchev–Trinajstić information content (AvgIpc) is 2.09. The molecule has 0 aliphatic rings. The third-order valence-electron chi connectivity index (χ3n) is 1.46. The van der Waals surface area contributed by atoms with Gasteiger partial charge >= 0.3 is 0 Å². The third-order valence-corrected chi connectivity index (χ3v) is 2.73. The van der Waals surface area contributed by atoms with E-state index < -0.39 is 12.0 Å². The highest BCUT2D eigenvalue weighted by Gasteiger charge is 2.15. The van der Waals surface area contributed by atoms with Crippen LogP contribution in [0.3, 0.4) is 0 Å². The molecule has 15 heavy (non-hydrogen) atoms. The Morgan fingerprint density at radius 3 is 2.40 bits per heavy atom. The van der Waals surface area contributed by atoms with Crippen LogP contribution >= 0.6 is 11.8 Å². The van der Waals surface area contributed by atoms with Crippen molar-refractivity contribution in [2.24, 2.45) is 5.73 Å². The minimum Gasteiger partial charge on any atom is -0.381 e. The fraction of sp³-hybridized carbons (Fsp3) is 0.778. The van der Waals surface area contributed by atoms with Gasteiger partial charge in [0.2, 0.25) is 11.8 Å². The minimum absolute atomic E-state index is 0.0135. The first kappa shape index (κ1) is 14.2. The van der Waals surface area contributed by atoms with E-state index in [0.717, 1.165) is 0 Å². The van der Waals surface area contributed by atoms with Gasteiger partial charge in [-0.25, -0.2) is 0 Å². The number of nitrogens with two attached hydrogens (primary N) is 1. The number of amides is 2. The van der Waals surface area contributed by atoms with Crippen molar-refractivity contribution >= 4 is 23.6 Å². The second-order valence-corrected chi connectivity index (χ2v) is 5.93. The SMILES string of the molecule is CC(C)(C)SCC(=O)NCC(O)C(N)=O. The number of rotatable bonds is 5. The Balaban J connectivity index is 3.72.